The van der Waals surface area contributed by atoms with Crippen LogP contribution in [0.25, 0.3) is 5.69 Å². The van der Waals surface area contributed by atoms with Gasteiger partial charge in [-0.05, 0) is 18.2 Å². The molecule has 2 rings (SSSR count). The molecule has 0 amide bonds. The van der Waals surface area contributed by atoms with E-state index in [1.54, 1.807) is 12.1 Å². The lowest BCUT2D eigenvalue weighted by molar-refractivity contribution is 0.0587. The number of carbonyl (C=O) groups is 1. The predicted octanol–water partition coefficient (Wildman–Crippen LogP) is 1.40. The second-order valence-corrected chi connectivity index (χ2v) is 4.12. The fourth-order valence-electron chi connectivity index (χ4n) is 1.30. The Morgan fingerprint density at radius 2 is 2.29 bits per heavy atom. The quantitative estimate of drug-likeness (QED) is 0.669. The third-order valence-corrected chi connectivity index (χ3v) is 2.59. The summed E-state index contributed by atoms with van der Waals surface area (Å²) in [7, 11) is 1.27. The van der Waals surface area contributed by atoms with E-state index in [0.29, 0.717) is 11.4 Å². The Morgan fingerprint density at radius 1 is 1.53 bits per heavy atom. The lowest BCUT2D eigenvalue weighted by Gasteiger charge is -2.04. The number of nitrogens with zero attached hydrogens (tertiary/aromatic N) is 3. The minimum Gasteiger partial charge on any atom is -0.463 e. The minimum absolute atomic E-state index is 0.00480. The number of rotatable bonds is 2. The summed E-state index contributed by atoms with van der Waals surface area (Å²) in [5, 5.41) is 3.98. The maximum Gasteiger partial charge on any atom is 0.377 e. The number of esters is 1. The van der Waals surface area contributed by atoms with Crippen LogP contribution < -0.4 is 5.73 Å². The summed E-state index contributed by atoms with van der Waals surface area (Å²) in [5.74, 6) is -0.589. The molecule has 0 spiro atoms. The summed E-state index contributed by atoms with van der Waals surface area (Å²) < 4.78 is 6.81. The molecule has 0 atom stereocenters. The molecule has 0 unspecified atom stereocenters. The monoisotopic (exact) mass is 296 g/mol. The zero-order valence-corrected chi connectivity index (χ0v) is 10.5. The fraction of sp³-hybridized carbons (Fsp3) is 0.100. The lowest BCUT2D eigenvalue weighted by Crippen LogP contribution is -2.06. The van der Waals surface area contributed by atoms with Crippen molar-refractivity contribution in [1.82, 2.24) is 14.8 Å². The Hall–Kier alpha value is -1.89. The first-order valence-electron chi connectivity index (χ1n) is 4.67. The minimum atomic E-state index is -0.584. The SMILES string of the molecule is COC(=O)c1ncn(-c2ccc(Br)cc2N)n1. The van der Waals surface area contributed by atoms with Crippen molar-refractivity contribution in [2.45, 2.75) is 0 Å². The third kappa shape index (κ3) is 2.28. The van der Waals surface area contributed by atoms with Gasteiger partial charge in [0.25, 0.3) is 5.82 Å². The Labute approximate surface area is 106 Å². The van der Waals surface area contributed by atoms with Crippen molar-refractivity contribution >= 4 is 27.6 Å². The third-order valence-electron chi connectivity index (χ3n) is 2.10. The second kappa shape index (κ2) is 4.54. The van der Waals surface area contributed by atoms with Crippen molar-refractivity contribution in [3.63, 3.8) is 0 Å². The standard InChI is InChI=1S/C10H9BrN4O2/c1-17-10(16)9-13-5-15(14-9)8-3-2-6(11)4-7(8)12/h2-5H,12H2,1H3. The van der Waals surface area contributed by atoms with Crippen molar-refractivity contribution in [3.8, 4) is 5.69 Å². The highest BCUT2D eigenvalue weighted by Gasteiger charge is 2.12. The van der Waals surface area contributed by atoms with Crippen molar-refractivity contribution < 1.29 is 9.53 Å². The molecule has 7 heteroatoms. The van der Waals surface area contributed by atoms with Gasteiger partial charge in [-0.3, -0.25) is 0 Å². The summed E-state index contributed by atoms with van der Waals surface area (Å²) in [6, 6.07) is 5.34. The van der Waals surface area contributed by atoms with Gasteiger partial charge in [0, 0.05) is 4.47 Å². The number of hydrogen-bond donors (Lipinski definition) is 1. The van der Waals surface area contributed by atoms with E-state index in [2.05, 4.69) is 30.7 Å². The largest absolute Gasteiger partial charge is 0.463 e. The van der Waals surface area contributed by atoms with Crippen LogP contribution in [-0.4, -0.2) is 27.8 Å². The van der Waals surface area contributed by atoms with Gasteiger partial charge >= 0.3 is 5.97 Å². The van der Waals surface area contributed by atoms with Crippen LogP contribution in [0.1, 0.15) is 10.6 Å². The van der Waals surface area contributed by atoms with Crippen LogP contribution in [0.15, 0.2) is 29.0 Å². The van der Waals surface area contributed by atoms with Gasteiger partial charge in [-0.25, -0.2) is 14.5 Å². The molecule has 0 fully saturated rings. The smallest absolute Gasteiger partial charge is 0.377 e. The van der Waals surface area contributed by atoms with Gasteiger partial charge < -0.3 is 10.5 Å². The lowest BCUT2D eigenvalue weighted by atomic mass is 10.3. The number of methoxy groups -OCH3 is 1. The normalized spacial score (nSPS) is 10.2. The van der Waals surface area contributed by atoms with Crippen LogP contribution in [0.4, 0.5) is 5.69 Å². The van der Waals surface area contributed by atoms with Gasteiger partial charge in [0.1, 0.15) is 6.33 Å². The van der Waals surface area contributed by atoms with E-state index in [1.807, 2.05) is 6.07 Å². The van der Waals surface area contributed by atoms with Gasteiger partial charge in [0.05, 0.1) is 18.5 Å². The Balaban J connectivity index is 2.40. The maximum absolute atomic E-state index is 11.2. The molecule has 6 nitrogen and oxygen atoms in total. The maximum atomic E-state index is 11.2. The summed E-state index contributed by atoms with van der Waals surface area (Å²) in [6.07, 6.45) is 1.41. The Morgan fingerprint density at radius 3 is 2.94 bits per heavy atom. The first kappa shape index (κ1) is 11.6. The van der Waals surface area contributed by atoms with E-state index in [9.17, 15) is 4.79 Å². The summed E-state index contributed by atoms with van der Waals surface area (Å²) in [6.45, 7) is 0. The van der Waals surface area contributed by atoms with Crippen molar-refractivity contribution in [2.75, 3.05) is 12.8 Å². The van der Waals surface area contributed by atoms with E-state index in [4.69, 9.17) is 5.73 Å². The van der Waals surface area contributed by atoms with Crippen molar-refractivity contribution in [3.05, 3.63) is 34.8 Å². The number of nitrogen functional groups attached to an aromatic ring is 1. The molecular formula is C10H9BrN4O2. The van der Waals surface area contributed by atoms with E-state index in [1.165, 1.54) is 18.1 Å². The molecule has 88 valence electrons. The number of aromatic nitrogens is 3. The van der Waals surface area contributed by atoms with E-state index in [-0.39, 0.29) is 5.82 Å². The Bertz CT molecular complexity index is 567. The number of anilines is 1. The van der Waals surface area contributed by atoms with E-state index < -0.39 is 5.97 Å². The predicted molar refractivity (Wildman–Crippen MR) is 64.8 cm³/mol. The zero-order chi connectivity index (χ0) is 12.4. The van der Waals surface area contributed by atoms with Crippen LogP contribution in [0, 0.1) is 0 Å². The molecule has 0 aliphatic rings. The molecule has 0 saturated carbocycles. The molecule has 17 heavy (non-hydrogen) atoms. The second-order valence-electron chi connectivity index (χ2n) is 3.21. The number of hydrogen-bond acceptors (Lipinski definition) is 5. The number of carbonyl (C=O) groups excluding carboxylic acids is 1. The van der Waals surface area contributed by atoms with Crippen LogP contribution in [0.5, 0.6) is 0 Å². The topological polar surface area (TPSA) is 83.0 Å². The van der Waals surface area contributed by atoms with Gasteiger partial charge in [-0.1, -0.05) is 15.9 Å². The average Bonchev–Trinajstić information content (AvgIpc) is 2.77. The van der Waals surface area contributed by atoms with Crippen LogP contribution in [0.2, 0.25) is 0 Å². The van der Waals surface area contributed by atoms with Gasteiger partial charge in [0.2, 0.25) is 0 Å². The molecule has 2 N–H and O–H groups in total. The van der Waals surface area contributed by atoms with Crippen molar-refractivity contribution in [1.29, 1.82) is 0 Å². The number of benzene rings is 1. The first-order chi connectivity index (χ1) is 8.11. The number of nitrogens with two attached hydrogens (primary N) is 1. The van der Waals surface area contributed by atoms with E-state index >= 15 is 0 Å². The summed E-state index contributed by atoms with van der Waals surface area (Å²) in [5.41, 5.74) is 7.01. The van der Waals surface area contributed by atoms with Gasteiger partial charge in [-0.15, -0.1) is 5.10 Å². The zero-order valence-electron chi connectivity index (χ0n) is 8.92. The molecule has 1 heterocycles. The van der Waals surface area contributed by atoms with E-state index in [0.717, 1.165) is 4.47 Å². The van der Waals surface area contributed by atoms with Crippen molar-refractivity contribution in [2.24, 2.45) is 0 Å². The van der Waals surface area contributed by atoms with Crippen LogP contribution in [0.3, 0.4) is 0 Å². The Kier molecular flexibility index (Phi) is 3.10. The van der Waals surface area contributed by atoms with Crippen LogP contribution >= 0.6 is 15.9 Å². The molecule has 1 aromatic carbocycles. The highest BCUT2D eigenvalue weighted by molar-refractivity contribution is 9.10. The molecule has 0 bridgehead atoms. The number of ether oxygens (including phenoxy) is 1. The summed E-state index contributed by atoms with van der Waals surface area (Å²) >= 11 is 3.31. The molecule has 0 radical (unpaired) electrons. The van der Waals surface area contributed by atoms with Crippen LogP contribution in [-0.2, 0) is 4.74 Å². The average molecular weight is 297 g/mol. The molecule has 1 aromatic heterocycles. The molecule has 0 aliphatic heterocycles. The molecule has 2 aromatic rings. The fourth-order valence-corrected chi connectivity index (χ4v) is 1.68. The highest BCUT2D eigenvalue weighted by atomic mass is 79.9. The summed E-state index contributed by atoms with van der Waals surface area (Å²) in [4.78, 5) is 15.0. The number of halogens is 1. The van der Waals surface area contributed by atoms with Gasteiger partial charge in [-0.2, -0.15) is 0 Å². The highest BCUT2D eigenvalue weighted by Crippen LogP contribution is 2.21. The molecular weight excluding hydrogens is 288 g/mol. The molecule has 0 saturated heterocycles. The molecule has 0 aliphatic carbocycles. The first-order valence-corrected chi connectivity index (χ1v) is 5.46. The van der Waals surface area contributed by atoms with Gasteiger partial charge in [0.15, 0.2) is 0 Å².